The van der Waals surface area contributed by atoms with Crippen molar-refractivity contribution in [3.05, 3.63) is 28.8 Å². The van der Waals surface area contributed by atoms with Gasteiger partial charge in [-0.2, -0.15) is 0 Å². The highest BCUT2D eigenvalue weighted by Gasteiger charge is 2.12. The van der Waals surface area contributed by atoms with Crippen LogP contribution < -0.4 is 5.32 Å². The molecule has 0 heterocycles. The first kappa shape index (κ1) is 11.3. The molecule has 0 aromatic heterocycles. The van der Waals surface area contributed by atoms with Crippen LogP contribution in [-0.4, -0.2) is 17.3 Å². The maximum absolute atomic E-state index is 9.53. The lowest BCUT2D eigenvalue weighted by atomic mass is 10.1. The predicted octanol–water partition coefficient (Wildman–Crippen LogP) is 2.83. The highest BCUT2D eigenvalue weighted by molar-refractivity contribution is 6.33. The van der Waals surface area contributed by atoms with Crippen LogP contribution in [0, 0.1) is 6.92 Å². The molecule has 0 bridgehead atoms. The van der Waals surface area contributed by atoms with Gasteiger partial charge in [0.2, 0.25) is 0 Å². The largest absolute Gasteiger partial charge is 0.389 e. The highest BCUT2D eigenvalue weighted by Crippen LogP contribution is 2.23. The lowest BCUT2D eigenvalue weighted by Gasteiger charge is -2.19. The quantitative estimate of drug-likeness (QED) is 0.810. The number of aryl methyl sites for hydroxylation is 1. The van der Waals surface area contributed by atoms with E-state index >= 15 is 0 Å². The summed E-state index contributed by atoms with van der Waals surface area (Å²) < 4.78 is 0. The number of hydrogen-bond acceptors (Lipinski definition) is 2. The minimum atomic E-state index is -0.729. The number of nitrogens with one attached hydrogen (secondary N) is 1. The van der Waals surface area contributed by atoms with Crippen LogP contribution in [0.15, 0.2) is 18.2 Å². The van der Waals surface area contributed by atoms with Crippen LogP contribution >= 0.6 is 11.6 Å². The molecule has 1 rings (SSSR count). The molecule has 0 aliphatic carbocycles. The normalized spacial score (nSPS) is 11.5. The molecule has 0 unspecified atom stereocenters. The van der Waals surface area contributed by atoms with Crippen molar-refractivity contribution in [3.8, 4) is 0 Å². The molecule has 0 saturated heterocycles. The molecule has 3 heteroatoms. The Bertz CT molecular complexity index is 318. The second-order valence-corrected chi connectivity index (χ2v) is 4.56. The number of halogens is 1. The Morgan fingerprint density at radius 2 is 2.07 bits per heavy atom. The Morgan fingerprint density at radius 1 is 1.43 bits per heavy atom. The number of hydrogen-bond donors (Lipinski definition) is 2. The molecular formula is C11H16ClNO. The summed E-state index contributed by atoms with van der Waals surface area (Å²) in [5.74, 6) is 0. The topological polar surface area (TPSA) is 32.3 Å². The molecular weight excluding hydrogens is 198 g/mol. The summed E-state index contributed by atoms with van der Waals surface area (Å²) in [5.41, 5.74) is 1.29. The minimum Gasteiger partial charge on any atom is -0.389 e. The first-order valence-electron chi connectivity index (χ1n) is 4.61. The fourth-order valence-corrected chi connectivity index (χ4v) is 1.27. The SMILES string of the molecule is Cc1ccc(Cl)c(NCC(C)(C)O)c1. The average molecular weight is 214 g/mol. The Kier molecular flexibility index (Phi) is 3.40. The average Bonchev–Trinajstić information content (AvgIpc) is 2.05. The van der Waals surface area contributed by atoms with Gasteiger partial charge in [-0.3, -0.25) is 0 Å². The maximum atomic E-state index is 9.53. The van der Waals surface area contributed by atoms with Crippen LogP contribution in [0.5, 0.6) is 0 Å². The number of anilines is 1. The fraction of sp³-hybridized carbons (Fsp3) is 0.455. The molecule has 0 spiro atoms. The first-order chi connectivity index (χ1) is 6.38. The fourth-order valence-electron chi connectivity index (χ4n) is 1.09. The van der Waals surface area contributed by atoms with E-state index in [0.29, 0.717) is 11.6 Å². The van der Waals surface area contributed by atoms with Crippen LogP contribution in [0.1, 0.15) is 19.4 Å². The molecule has 1 aromatic carbocycles. The summed E-state index contributed by atoms with van der Waals surface area (Å²) in [6, 6.07) is 5.77. The Morgan fingerprint density at radius 3 is 2.64 bits per heavy atom. The molecule has 0 saturated carbocycles. The summed E-state index contributed by atoms with van der Waals surface area (Å²) in [5, 5.41) is 13.3. The van der Waals surface area contributed by atoms with Crippen molar-refractivity contribution in [2.45, 2.75) is 26.4 Å². The molecule has 0 amide bonds. The van der Waals surface area contributed by atoms with Gasteiger partial charge in [0, 0.05) is 6.54 Å². The second-order valence-electron chi connectivity index (χ2n) is 4.15. The Hall–Kier alpha value is -0.730. The zero-order valence-corrected chi connectivity index (χ0v) is 9.52. The van der Waals surface area contributed by atoms with Gasteiger partial charge in [-0.05, 0) is 38.5 Å². The molecule has 0 aliphatic rings. The van der Waals surface area contributed by atoms with Crippen LogP contribution in [-0.2, 0) is 0 Å². The third-order valence-electron chi connectivity index (χ3n) is 1.83. The summed E-state index contributed by atoms with van der Waals surface area (Å²) in [6.07, 6.45) is 0. The zero-order valence-electron chi connectivity index (χ0n) is 8.76. The minimum absolute atomic E-state index is 0.482. The zero-order chi connectivity index (χ0) is 10.8. The van der Waals surface area contributed by atoms with E-state index in [1.165, 1.54) is 0 Å². The smallest absolute Gasteiger partial charge is 0.0763 e. The lowest BCUT2D eigenvalue weighted by Crippen LogP contribution is -2.29. The van der Waals surface area contributed by atoms with E-state index in [9.17, 15) is 5.11 Å². The Labute approximate surface area is 89.9 Å². The van der Waals surface area contributed by atoms with Crippen LogP contribution in [0.25, 0.3) is 0 Å². The molecule has 14 heavy (non-hydrogen) atoms. The lowest BCUT2D eigenvalue weighted by molar-refractivity contribution is 0.0945. The van der Waals surface area contributed by atoms with Gasteiger partial charge in [0.05, 0.1) is 16.3 Å². The van der Waals surface area contributed by atoms with E-state index in [2.05, 4.69) is 5.32 Å². The maximum Gasteiger partial charge on any atom is 0.0763 e. The third-order valence-corrected chi connectivity index (χ3v) is 2.16. The van der Waals surface area contributed by atoms with Crippen LogP contribution in [0.4, 0.5) is 5.69 Å². The van der Waals surface area contributed by atoms with Crippen molar-refractivity contribution in [3.63, 3.8) is 0 Å². The monoisotopic (exact) mass is 213 g/mol. The Balaban J connectivity index is 2.72. The second kappa shape index (κ2) is 4.20. The molecule has 0 radical (unpaired) electrons. The third kappa shape index (κ3) is 3.56. The van der Waals surface area contributed by atoms with E-state index in [4.69, 9.17) is 11.6 Å². The molecule has 0 aliphatic heterocycles. The van der Waals surface area contributed by atoms with Gasteiger partial charge >= 0.3 is 0 Å². The number of rotatable bonds is 3. The van der Waals surface area contributed by atoms with E-state index in [1.54, 1.807) is 13.8 Å². The highest BCUT2D eigenvalue weighted by atomic mass is 35.5. The van der Waals surface area contributed by atoms with Gasteiger partial charge in [-0.15, -0.1) is 0 Å². The summed E-state index contributed by atoms with van der Waals surface area (Å²) in [7, 11) is 0. The van der Waals surface area contributed by atoms with E-state index in [1.807, 2.05) is 25.1 Å². The molecule has 1 aromatic rings. The number of benzene rings is 1. The van der Waals surface area contributed by atoms with Crippen molar-refractivity contribution in [2.75, 3.05) is 11.9 Å². The van der Waals surface area contributed by atoms with Gasteiger partial charge in [-0.1, -0.05) is 17.7 Å². The molecule has 2 N–H and O–H groups in total. The first-order valence-corrected chi connectivity index (χ1v) is 4.99. The van der Waals surface area contributed by atoms with Crippen molar-refractivity contribution in [2.24, 2.45) is 0 Å². The van der Waals surface area contributed by atoms with Gasteiger partial charge < -0.3 is 10.4 Å². The van der Waals surface area contributed by atoms with Gasteiger partial charge in [-0.25, -0.2) is 0 Å². The van der Waals surface area contributed by atoms with Gasteiger partial charge in [0.1, 0.15) is 0 Å². The molecule has 2 nitrogen and oxygen atoms in total. The molecule has 78 valence electrons. The van der Waals surface area contributed by atoms with E-state index in [-0.39, 0.29) is 0 Å². The van der Waals surface area contributed by atoms with Crippen LogP contribution in [0.3, 0.4) is 0 Å². The summed E-state index contributed by atoms with van der Waals surface area (Å²) in [6.45, 7) is 6.00. The predicted molar refractivity (Wildman–Crippen MR) is 61.0 cm³/mol. The molecule has 0 fully saturated rings. The van der Waals surface area contributed by atoms with Gasteiger partial charge in [0.15, 0.2) is 0 Å². The standard InChI is InChI=1S/C11H16ClNO/c1-8-4-5-9(12)10(6-8)13-7-11(2,3)14/h4-6,13-14H,7H2,1-3H3. The van der Waals surface area contributed by atoms with Crippen molar-refractivity contribution >= 4 is 17.3 Å². The van der Waals surface area contributed by atoms with Crippen molar-refractivity contribution in [1.29, 1.82) is 0 Å². The summed E-state index contributed by atoms with van der Waals surface area (Å²) >= 11 is 5.98. The van der Waals surface area contributed by atoms with Crippen molar-refractivity contribution < 1.29 is 5.11 Å². The van der Waals surface area contributed by atoms with Crippen molar-refractivity contribution in [1.82, 2.24) is 0 Å². The van der Waals surface area contributed by atoms with E-state index < -0.39 is 5.60 Å². The van der Waals surface area contributed by atoms with Gasteiger partial charge in [0.25, 0.3) is 0 Å². The molecule has 0 atom stereocenters. The summed E-state index contributed by atoms with van der Waals surface area (Å²) in [4.78, 5) is 0. The number of aliphatic hydroxyl groups is 1. The van der Waals surface area contributed by atoms with E-state index in [0.717, 1.165) is 11.3 Å². The van der Waals surface area contributed by atoms with Crippen LogP contribution in [0.2, 0.25) is 5.02 Å².